The first-order valence-electron chi connectivity index (χ1n) is 11.5. The van der Waals surface area contributed by atoms with Crippen LogP contribution in [0.1, 0.15) is 30.4 Å². The van der Waals surface area contributed by atoms with Gasteiger partial charge in [0.2, 0.25) is 10.0 Å². The third-order valence-electron chi connectivity index (χ3n) is 6.01. The quantitative estimate of drug-likeness (QED) is 0.454. The van der Waals surface area contributed by atoms with Gasteiger partial charge < -0.3 is 4.74 Å². The maximum atomic E-state index is 12.8. The fraction of sp³-hybridized carbons (Fsp3) is 0.296. The molecule has 1 saturated heterocycles. The number of benzene rings is 3. The number of hydrogen-bond donors (Lipinski definition) is 1. The highest BCUT2D eigenvalue weighted by Gasteiger charge is 2.28. The fourth-order valence-electron chi connectivity index (χ4n) is 4.20. The van der Waals surface area contributed by atoms with Crippen LogP contribution in [0.25, 0.3) is 11.1 Å². The molecule has 34 heavy (non-hydrogen) atoms. The molecule has 1 aliphatic rings. The number of aryl methyl sites for hydroxylation is 1. The van der Waals surface area contributed by atoms with Crippen molar-refractivity contribution in [2.75, 3.05) is 19.7 Å². The van der Waals surface area contributed by atoms with Crippen molar-refractivity contribution < 1.29 is 13.2 Å². The monoisotopic (exact) mass is 475 g/mol. The molecule has 4 rings (SSSR count). The van der Waals surface area contributed by atoms with Crippen LogP contribution in [-0.4, -0.2) is 39.2 Å². The lowest BCUT2D eigenvalue weighted by atomic mass is 10.0. The van der Waals surface area contributed by atoms with E-state index in [1.807, 2.05) is 61.5 Å². The van der Waals surface area contributed by atoms with Gasteiger partial charge in [0.05, 0.1) is 29.3 Å². The largest absolute Gasteiger partial charge is 0.494 e. The molecule has 1 fully saturated rings. The standard InChI is InChI=1S/C27H29N3O3S/c1-21-5-2-6-26(19-21)34(31,32)29-27-7-3-16-30(27)17-4-18-33-25-14-12-24(13-15-25)23-10-8-22(20-28)9-11-23/h2,5-6,8-15,19,27,29H,3-4,7,16-18H2,1H3. The molecule has 3 aromatic carbocycles. The van der Waals surface area contributed by atoms with E-state index >= 15 is 0 Å². The highest BCUT2D eigenvalue weighted by Crippen LogP contribution is 2.23. The van der Waals surface area contributed by atoms with E-state index in [2.05, 4.69) is 15.7 Å². The number of ether oxygens (including phenoxy) is 1. The molecule has 1 atom stereocenters. The van der Waals surface area contributed by atoms with Gasteiger partial charge in [-0.25, -0.2) is 8.42 Å². The van der Waals surface area contributed by atoms with Gasteiger partial charge in [0.25, 0.3) is 0 Å². The molecule has 7 heteroatoms. The Kier molecular flexibility index (Phi) is 7.63. The Morgan fingerprint density at radius 3 is 2.44 bits per heavy atom. The van der Waals surface area contributed by atoms with E-state index in [-0.39, 0.29) is 6.17 Å². The molecule has 0 amide bonds. The lowest BCUT2D eigenvalue weighted by Crippen LogP contribution is -2.44. The molecule has 1 heterocycles. The first kappa shape index (κ1) is 24.0. The topological polar surface area (TPSA) is 82.4 Å². The fourth-order valence-corrected chi connectivity index (χ4v) is 5.56. The summed E-state index contributed by atoms with van der Waals surface area (Å²) in [7, 11) is -3.54. The smallest absolute Gasteiger partial charge is 0.241 e. The van der Waals surface area contributed by atoms with Gasteiger partial charge >= 0.3 is 0 Å². The Morgan fingerprint density at radius 1 is 1.06 bits per heavy atom. The summed E-state index contributed by atoms with van der Waals surface area (Å²) in [4.78, 5) is 2.50. The maximum absolute atomic E-state index is 12.8. The SMILES string of the molecule is Cc1cccc(S(=O)(=O)NC2CCCN2CCCOc2ccc(-c3ccc(C#N)cc3)cc2)c1. The number of hydrogen-bond acceptors (Lipinski definition) is 5. The molecule has 0 radical (unpaired) electrons. The second-order valence-corrected chi connectivity index (χ2v) is 10.3. The minimum Gasteiger partial charge on any atom is -0.494 e. The van der Waals surface area contributed by atoms with E-state index in [1.54, 1.807) is 18.2 Å². The predicted molar refractivity (Wildman–Crippen MR) is 133 cm³/mol. The van der Waals surface area contributed by atoms with Gasteiger partial charge in [-0.2, -0.15) is 9.98 Å². The first-order chi connectivity index (χ1) is 16.4. The summed E-state index contributed by atoms with van der Waals surface area (Å²) in [5.41, 5.74) is 3.69. The zero-order valence-corrected chi connectivity index (χ0v) is 20.1. The summed E-state index contributed by atoms with van der Waals surface area (Å²) < 4.78 is 34.4. The van der Waals surface area contributed by atoms with Crippen LogP contribution >= 0.6 is 0 Å². The lowest BCUT2D eigenvalue weighted by molar-refractivity contribution is 0.214. The molecule has 0 spiro atoms. The van der Waals surface area contributed by atoms with Gasteiger partial charge in [-0.3, -0.25) is 4.90 Å². The number of rotatable bonds is 9. The van der Waals surface area contributed by atoms with Crippen molar-refractivity contribution in [1.29, 1.82) is 5.26 Å². The summed E-state index contributed by atoms with van der Waals surface area (Å²) in [6, 6.07) is 24.5. The second-order valence-electron chi connectivity index (χ2n) is 8.55. The Bertz CT molecular complexity index is 1250. The maximum Gasteiger partial charge on any atom is 0.241 e. The summed E-state index contributed by atoms with van der Waals surface area (Å²) in [6.45, 7) is 4.09. The van der Waals surface area contributed by atoms with Gasteiger partial charge in [0.1, 0.15) is 5.75 Å². The average molecular weight is 476 g/mol. The van der Waals surface area contributed by atoms with Gasteiger partial charge in [-0.05, 0) is 85.8 Å². The molecule has 0 aliphatic carbocycles. The number of sulfonamides is 1. The van der Waals surface area contributed by atoms with Crippen LogP contribution in [0.3, 0.4) is 0 Å². The Labute approximate surface area is 201 Å². The molecule has 6 nitrogen and oxygen atoms in total. The number of likely N-dealkylation sites (tertiary alicyclic amines) is 1. The van der Waals surface area contributed by atoms with Crippen LogP contribution in [0.2, 0.25) is 0 Å². The van der Waals surface area contributed by atoms with Crippen molar-refractivity contribution in [1.82, 2.24) is 9.62 Å². The Balaban J connectivity index is 1.25. The van der Waals surface area contributed by atoms with E-state index in [9.17, 15) is 8.42 Å². The first-order valence-corrected chi connectivity index (χ1v) is 13.0. The Hall–Kier alpha value is -3.18. The van der Waals surface area contributed by atoms with Gasteiger partial charge in [-0.1, -0.05) is 36.4 Å². The third kappa shape index (κ3) is 6.03. The third-order valence-corrected chi connectivity index (χ3v) is 7.47. The molecule has 0 aromatic heterocycles. The van der Waals surface area contributed by atoms with Crippen LogP contribution in [0.15, 0.2) is 77.7 Å². The molecule has 0 bridgehead atoms. The van der Waals surface area contributed by atoms with E-state index in [1.165, 1.54) is 0 Å². The van der Waals surface area contributed by atoms with Crippen LogP contribution in [-0.2, 0) is 10.0 Å². The Morgan fingerprint density at radius 2 is 1.76 bits per heavy atom. The van der Waals surface area contributed by atoms with Crippen molar-refractivity contribution >= 4 is 10.0 Å². The van der Waals surface area contributed by atoms with Crippen molar-refractivity contribution in [2.24, 2.45) is 0 Å². The highest BCUT2D eigenvalue weighted by atomic mass is 32.2. The average Bonchev–Trinajstić information content (AvgIpc) is 3.28. The molecular weight excluding hydrogens is 446 g/mol. The highest BCUT2D eigenvalue weighted by molar-refractivity contribution is 7.89. The summed E-state index contributed by atoms with van der Waals surface area (Å²) in [5.74, 6) is 0.801. The van der Waals surface area contributed by atoms with Gasteiger partial charge in [0, 0.05) is 6.54 Å². The summed E-state index contributed by atoms with van der Waals surface area (Å²) in [5, 5.41) is 8.93. The van der Waals surface area contributed by atoms with Crippen molar-refractivity contribution in [3.63, 3.8) is 0 Å². The molecular formula is C27H29N3O3S. The number of nitrogens with zero attached hydrogens (tertiary/aromatic N) is 2. The molecule has 176 valence electrons. The molecule has 1 unspecified atom stereocenters. The van der Waals surface area contributed by atoms with E-state index < -0.39 is 10.0 Å². The normalized spacial score (nSPS) is 16.3. The molecule has 0 saturated carbocycles. The van der Waals surface area contributed by atoms with Crippen LogP contribution in [0.4, 0.5) is 0 Å². The van der Waals surface area contributed by atoms with Crippen molar-refractivity contribution in [2.45, 2.75) is 37.2 Å². The van der Waals surface area contributed by atoms with Crippen molar-refractivity contribution in [3.8, 4) is 22.9 Å². The number of nitriles is 1. The summed E-state index contributed by atoms with van der Waals surface area (Å²) >= 11 is 0. The van der Waals surface area contributed by atoms with Gasteiger partial charge in [-0.15, -0.1) is 0 Å². The molecule has 1 N–H and O–H groups in total. The van der Waals surface area contributed by atoms with Crippen LogP contribution in [0, 0.1) is 18.3 Å². The molecule has 3 aromatic rings. The minimum absolute atomic E-state index is 0.183. The van der Waals surface area contributed by atoms with Gasteiger partial charge in [0.15, 0.2) is 0 Å². The van der Waals surface area contributed by atoms with Crippen LogP contribution < -0.4 is 9.46 Å². The number of nitrogens with one attached hydrogen (secondary N) is 1. The zero-order valence-electron chi connectivity index (χ0n) is 19.3. The van der Waals surface area contributed by atoms with Crippen LogP contribution in [0.5, 0.6) is 5.75 Å². The summed E-state index contributed by atoms with van der Waals surface area (Å²) in [6.07, 6.45) is 2.40. The van der Waals surface area contributed by atoms with E-state index in [0.717, 1.165) is 54.8 Å². The van der Waals surface area contributed by atoms with E-state index in [4.69, 9.17) is 10.00 Å². The van der Waals surface area contributed by atoms with Crippen molar-refractivity contribution in [3.05, 3.63) is 83.9 Å². The zero-order chi connectivity index (χ0) is 24.0. The predicted octanol–water partition coefficient (Wildman–Crippen LogP) is 4.70. The van der Waals surface area contributed by atoms with E-state index in [0.29, 0.717) is 17.1 Å². The second kappa shape index (κ2) is 10.8. The lowest BCUT2D eigenvalue weighted by Gasteiger charge is -2.25. The minimum atomic E-state index is -3.54. The molecule has 1 aliphatic heterocycles.